The minimum Gasteiger partial charge on any atom is -0.478 e. The molecule has 0 atom stereocenters. The highest BCUT2D eigenvalue weighted by atomic mass is 16.5. The largest absolute Gasteiger partial charge is 0.478 e. The SMILES string of the molecule is O=C(O)C=Cc1cc2cc[nH]c(=O)c2c(Nc2ccc(N3CCOCC3)cc2)n1. The molecule has 0 radical (unpaired) electrons. The van der Waals surface area contributed by atoms with Gasteiger partial charge in [-0.25, -0.2) is 9.78 Å². The summed E-state index contributed by atoms with van der Waals surface area (Å²) in [5.74, 6) is -0.695. The molecule has 0 saturated carbocycles. The van der Waals surface area contributed by atoms with Crippen molar-refractivity contribution in [2.45, 2.75) is 0 Å². The highest BCUT2D eigenvalue weighted by Crippen LogP contribution is 2.25. The molecule has 0 unspecified atom stereocenters. The van der Waals surface area contributed by atoms with Gasteiger partial charge in [0.2, 0.25) is 0 Å². The van der Waals surface area contributed by atoms with E-state index in [1.54, 1.807) is 18.3 Å². The average Bonchev–Trinajstić information content (AvgIpc) is 2.73. The monoisotopic (exact) mass is 392 g/mol. The van der Waals surface area contributed by atoms with Gasteiger partial charge < -0.3 is 25.0 Å². The summed E-state index contributed by atoms with van der Waals surface area (Å²) < 4.78 is 5.38. The van der Waals surface area contributed by atoms with Gasteiger partial charge in [0.05, 0.1) is 24.3 Å². The third-order valence-electron chi connectivity index (χ3n) is 4.68. The van der Waals surface area contributed by atoms with Crippen molar-refractivity contribution in [3.63, 3.8) is 0 Å². The first kappa shape index (κ1) is 18.7. The van der Waals surface area contributed by atoms with Gasteiger partial charge in [0.1, 0.15) is 5.82 Å². The number of carbonyl (C=O) groups is 1. The zero-order valence-corrected chi connectivity index (χ0v) is 15.6. The molecule has 3 heterocycles. The Hall–Kier alpha value is -3.65. The number of nitrogens with zero attached hydrogens (tertiary/aromatic N) is 2. The quantitative estimate of drug-likeness (QED) is 0.573. The number of morpholine rings is 1. The minimum atomic E-state index is -1.06. The Balaban J connectivity index is 1.67. The fourth-order valence-electron chi connectivity index (χ4n) is 3.28. The van der Waals surface area contributed by atoms with E-state index in [-0.39, 0.29) is 5.56 Å². The van der Waals surface area contributed by atoms with Crippen LogP contribution in [0.2, 0.25) is 0 Å². The molecule has 8 nitrogen and oxygen atoms in total. The van der Waals surface area contributed by atoms with Crippen molar-refractivity contribution < 1.29 is 14.6 Å². The molecule has 4 rings (SSSR count). The van der Waals surface area contributed by atoms with Gasteiger partial charge in [-0.1, -0.05) is 0 Å². The van der Waals surface area contributed by atoms with E-state index < -0.39 is 5.97 Å². The second-order valence-electron chi connectivity index (χ2n) is 6.61. The first-order chi connectivity index (χ1) is 14.1. The third-order valence-corrected chi connectivity index (χ3v) is 4.68. The molecule has 1 aliphatic rings. The van der Waals surface area contributed by atoms with Crippen LogP contribution in [0.15, 0.2) is 53.5 Å². The van der Waals surface area contributed by atoms with E-state index in [0.29, 0.717) is 22.3 Å². The molecule has 8 heteroatoms. The van der Waals surface area contributed by atoms with Gasteiger partial charge in [0.15, 0.2) is 0 Å². The Morgan fingerprint density at radius 3 is 2.69 bits per heavy atom. The standard InChI is InChI=1S/C21H20N4O4/c26-18(27)6-3-16-13-14-7-8-22-21(28)19(14)20(24-16)23-15-1-4-17(5-2-15)25-9-11-29-12-10-25/h1-8,13H,9-12H2,(H,22,28)(H,23,24)(H,26,27). The number of aliphatic carboxylic acids is 1. The fraction of sp³-hybridized carbons (Fsp3) is 0.190. The molecular formula is C21H20N4O4. The Labute approximate surface area is 166 Å². The number of carboxylic acid groups (broad SMARTS) is 1. The lowest BCUT2D eigenvalue weighted by Crippen LogP contribution is -2.36. The van der Waals surface area contributed by atoms with Gasteiger partial charge in [-0.15, -0.1) is 0 Å². The molecule has 3 aromatic rings. The number of ether oxygens (including phenoxy) is 1. The average molecular weight is 392 g/mol. The van der Waals surface area contributed by atoms with E-state index in [2.05, 4.69) is 20.2 Å². The lowest BCUT2D eigenvalue weighted by atomic mass is 10.1. The lowest BCUT2D eigenvalue weighted by molar-refractivity contribution is -0.131. The van der Waals surface area contributed by atoms with Crippen LogP contribution in [-0.2, 0) is 9.53 Å². The van der Waals surface area contributed by atoms with Crippen molar-refractivity contribution in [2.24, 2.45) is 0 Å². The van der Waals surface area contributed by atoms with Crippen LogP contribution in [0.4, 0.5) is 17.2 Å². The topological polar surface area (TPSA) is 108 Å². The van der Waals surface area contributed by atoms with Gasteiger partial charge in [-0.3, -0.25) is 4.79 Å². The number of aromatic amines is 1. The molecule has 1 aliphatic heterocycles. The Morgan fingerprint density at radius 1 is 1.21 bits per heavy atom. The van der Waals surface area contributed by atoms with Crippen molar-refractivity contribution >= 4 is 40.0 Å². The summed E-state index contributed by atoms with van der Waals surface area (Å²) in [6, 6.07) is 11.3. The van der Waals surface area contributed by atoms with Gasteiger partial charge >= 0.3 is 5.97 Å². The van der Waals surface area contributed by atoms with Crippen molar-refractivity contribution in [3.05, 3.63) is 64.7 Å². The molecule has 1 saturated heterocycles. The number of pyridine rings is 2. The smallest absolute Gasteiger partial charge is 0.328 e. The van der Waals surface area contributed by atoms with Crippen molar-refractivity contribution in [3.8, 4) is 0 Å². The molecule has 0 aliphatic carbocycles. The number of carboxylic acids is 1. The lowest BCUT2D eigenvalue weighted by Gasteiger charge is -2.28. The van der Waals surface area contributed by atoms with Crippen molar-refractivity contribution in [1.82, 2.24) is 9.97 Å². The molecule has 1 fully saturated rings. The number of benzene rings is 1. The van der Waals surface area contributed by atoms with Crippen LogP contribution in [0.1, 0.15) is 5.69 Å². The molecule has 3 N–H and O–H groups in total. The first-order valence-electron chi connectivity index (χ1n) is 9.23. The predicted octanol–water partition coefficient (Wildman–Crippen LogP) is 2.60. The number of fused-ring (bicyclic) bond motifs is 1. The number of H-pyrrole nitrogens is 1. The molecule has 0 bridgehead atoms. The van der Waals surface area contributed by atoms with Crippen molar-refractivity contribution in [1.29, 1.82) is 0 Å². The third kappa shape index (κ3) is 4.27. The molecule has 29 heavy (non-hydrogen) atoms. The summed E-state index contributed by atoms with van der Waals surface area (Å²) in [5.41, 5.74) is 2.06. The molecular weight excluding hydrogens is 372 g/mol. The maximum atomic E-state index is 12.4. The highest BCUT2D eigenvalue weighted by Gasteiger charge is 2.12. The zero-order chi connectivity index (χ0) is 20.2. The summed E-state index contributed by atoms with van der Waals surface area (Å²) in [4.78, 5) is 32.5. The van der Waals surface area contributed by atoms with Crippen LogP contribution in [0.5, 0.6) is 0 Å². The summed E-state index contributed by atoms with van der Waals surface area (Å²) >= 11 is 0. The van der Waals surface area contributed by atoms with E-state index in [0.717, 1.165) is 43.8 Å². The number of rotatable bonds is 5. The predicted molar refractivity (Wildman–Crippen MR) is 112 cm³/mol. The van der Waals surface area contributed by atoms with E-state index >= 15 is 0 Å². The Kier molecular flexibility index (Phi) is 5.26. The minimum absolute atomic E-state index is 0.267. The summed E-state index contributed by atoms with van der Waals surface area (Å²) in [6.07, 6.45) is 3.97. The van der Waals surface area contributed by atoms with Crippen LogP contribution < -0.4 is 15.8 Å². The number of nitrogens with one attached hydrogen (secondary N) is 2. The van der Waals surface area contributed by atoms with Gasteiger partial charge in [0.25, 0.3) is 5.56 Å². The summed E-state index contributed by atoms with van der Waals surface area (Å²) in [5, 5.41) is 13.1. The number of aromatic nitrogens is 2. The molecule has 1 aromatic carbocycles. The van der Waals surface area contributed by atoms with Crippen LogP contribution in [0.3, 0.4) is 0 Å². The second-order valence-corrected chi connectivity index (χ2v) is 6.61. The van der Waals surface area contributed by atoms with Gasteiger partial charge in [-0.05, 0) is 47.9 Å². The summed E-state index contributed by atoms with van der Waals surface area (Å²) in [7, 11) is 0. The fourth-order valence-corrected chi connectivity index (χ4v) is 3.28. The summed E-state index contributed by atoms with van der Waals surface area (Å²) in [6.45, 7) is 3.14. The van der Waals surface area contributed by atoms with Crippen molar-refractivity contribution in [2.75, 3.05) is 36.5 Å². The van der Waals surface area contributed by atoms with E-state index in [1.807, 2.05) is 24.3 Å². The van der Waals surface area contributed by atoms with E-state index in [1.165, 1.54) is 6.08 Å². The maximum absolute atomic E-state index is 12.4. The van der Waals surface area contributed by atoms with Crippen LogP contribution in [0.25, 0.3) is 16.8 Å². The zero-order valence-electron chi connectivity index (χ0n) is 15.6. The second kappa shape index (κ2) is 8.15. The van der Waals surface area contributed by atoms with Gasteiger partial charge in [-0.2, -0.15) is 0 Å². The molecule has 0 spiro atoms. The molecule has 148 valence electrons. The Morgan fingerprint density at radius 2 is 1.97 bits per heavy atom. The Bertz CT molecular complexity index is 1120. The van der Waals surface area contributed by atoms with E-state index in [9.17, 15) is 9.59 Å². The molecule has 2 aromatic heterocycles. The number of hydrogen-bond acceptors (Lipinski definition) is 6. The number of hydrogen-bond donors (Lipinski definition) is 3. The molecule has 0 amide bonds. The highest BCUT2D eigenvalue weighted by molar-refractivity contribution is 5.94. The van der Waals surface area contributed by atoms with E-state index in [4.69, 9.17) is 9.84 Å². The van der Waals surface area contributed by atoms with Crippen LogP contribution in [0, 0.1) is 0 Å². The van der Waals surface area contributed by atoms with Crippen LogP contribution >= 0.6 is 0 Å². The van der Waals surface area contributed by atoms with Crippen LogP contribution in [-0.4, -0.2) is 47.3 Å². The first-order valence-corrected chi connectivity index (χ1v) is 9.23. The maximum Gasteiger partial charge on any atom is 0.328 e. The van der Waals surface area contributed by atoms with Gasteiger partial charge in [0, 0.05) is 36.7 Å². The number of anilines is 3. The normalized spacial score (nSPS) is 14.4.